The molecule has 0 radical (unpaired) electrons. The van der Waals surface area contributed by atoms with Gasteiger partial charge in [-0.15, -0.1) is 0 Å². The lowest BCUT2D eigenvalue weighted by atomic mass is 10.8. The second-order valence-corrected chi connectivity index (χ2v) is 2.16. The molecule has 0 rings (SSSR count). The zero-order chi connectivity index (χ0) is 13.8. The maximum absolute atomic E-state index is 9.40. The zero-order valence-electron chi connectivity index (χ0n) is 10.3. The first-order valence-corrected chi connectivity index (χ1v) is 5.14. The maximum atomic E-state index is 9.40. The average Bonchev–Trinajstić information content (AvgIpc) is 2.37. The summed E-state index contributed by atoms with van der Waals surface area (Å²) >= 11 is 0. The molecular formula is C10H22O7. The van der Waals surface area contributed by atoms with E-state index >= 15 is 0 Å². The van der Waals surface area contributed by atoms with Crippen molar-refractivity contribution in [3.8, 4) is 0 Å². The second kappa shape index (κ2) is 29.4. The Labute approximate surface area is 101 Å². The fourth-order valence-corrected chi connectivity index (χ4v) is 0.397. The first-order valence-electron chi connectivity index (χ1n) is 5.14. The minimum absolute atomic E-state index is 0.125. The molecule has 0 saturated carbocycles. The van der Waals surface area contributed by atoms with Gasteiger partial charge in [0.05, 0.1) is 13.2 Å². The SMILES string of the molecule is CCOCC.O=COCCOC=O.OCCO. The van der Waals surface area contributed by atoms with Crippen molar-refractivity contribution in [2.24, 2.45) is 0 Å². The molecule has 0 fully saturated rings. The summed E-state index contributed by atoms with van der Waals surface area (Å²) in [7, 11) is 0. The number of rotatable bonds is 8. The summed E-state index contributed by atoms with van der Waals surface area (Å²) in [5.74, 6) is 0. The predicted molar refractivity (Wildman–Crippen MR) is 60.4 cm³/mol. The second-order valence-electron chi connectivity index (χ2n) is 2.16. The Kier molecular flexibility index (Phi) is 36.5. The van der Waals surface area contributed by atoms with Crippen LogP contribution < -0.4 is 0 Å². The molecule has 0 amide bonds. The van der Waals surface area contributed by atoms with E-state index in [2.05, 4.69) is 9.47 Å². The quantitative estimate of drug-likeness (QED) is 0.438. The lowest BCUT2D eigenvalue weighted by Crippen LogP contribution is -2.00. The summed E-state index contributed by atoms with van der Waals surface area (Å²) in [6, 6.07) is 0. The molecular weight excluding hydrogens is 232 g/mol. The Balaban J connectivity index is -0.000000188. The first kappa shape index (κ1) is 21.1. The highest BCUT2D eigenvalue weighted by molar-refractivity contribution is 5.38. The van der Waals surface area contributed by atoms with Crippen molar-refractivity contribution < 1.29 is 34.0 Å². The molecule has 0 aromatic heterocycles. The number of carbonyl (C=O) groups is 2. The van der Waals surface area contributed by atoms with Gasteiger partial charge in [-0.2, -0.15) is 0 Å². The van der Waals surface area contributed by atoms with Crippen molar-refractivity contribution in [2.45, 2.75) is 13.8 Å². The van der Waals surface area contributed by atoms with Gasteiger partial charge in [0.1, 0.15) is 13.2 Å². The molecule has 0 aliphatic heterocycles. The third-order valence-corrected chi connectivity index (χ3v) is 0.963. The van der Waals surface area contributed by atoms with E-state index < -0.39 is 0 Å². The van der Waals surface area contributed by atoms with Crippen LogP contribution in [0.15, 0.2) is 0 Å². The number of hydrogen-bond donors (Lipinski definition) is 2. The van der Waals surface area contributed by atoms with Gasteiger partial charge in [-0.1, -0.05) is 0 Å². The summed E-state index contributed by atoms with van der Waals surface area (Å²) < 4.78 is 13.2. The highest BCUT2D eigenvalue weighted by Crippen LogP contribution is 1.68. The third-order valence-electron chi connectivity index (χ3n) is 0.963. The van der Waals surface area contributed by atoms with Crippen LogP contribution in [0.5, 0.6) is 0 Å². The number of ether oxygens (including phenoxy) is 3. The molecule has 17 heavy (non-hydrogen) atoms. The Morgan fingerprint density at radius 3 is 1.35 bits per heavy atom. The van der Waals surface area contributed by atoms with E-state index in [1.165, 1.54) is 0 Å². The maximum Gasteiger partial charge on any atom is 0.293 e. The summed E-state index contributed by atoms with van der Waals surface area (Å²) in [5, 5.41) is 15.2. The third kappa shape index (κ3) is 52.4. The fraction of sp³-hybridized carbons (Fsp3) is 0.800. The molecule has 0 unspecified atom stereocenters. The van der Waals surface area contributed by atoms with Crippen molar-refractivity contribution in [3.05, 3.63) is 0 Å². The van der Waals surface area contributed by atoms with Gasteiger partial charge in [0.2, 0.25) is 0 Å². The average molecular weight is 254 g/mol. The van der Waals surface area contributed by atoms with Gasteiger partial charge >= 0.3 is 0 Å². The molecule has 2 N–H and O–H groups in total. The van der Waals surface area contributed by atoms with E-state index in [-0.39, 0.29) is 26.4 Å². The molecule has 0 aliphatic carbocycles. The Morgan fingerprint density at radius 1 is 0.882 bits per heavy atom. The van der Waals surface area contributed by atoms with Gasteiger partial charge in [-0.3, -0.25) is 9.59 Å². The standard InChI is InChI=1S/C4H6O4.C4H10O.C2H6O2/c5-3-7-1-2-8-4-6;1-3-5-4-2;3-1-2-4/h3-4H,1-2H2;3-4H2,1-2H3;3-4H,1-2H2. The van der Waals surface area contributed by atoms with Gasteiger partial charge in [0.15, 0.2) is 0 Å². The van der Waals surface area contributed by atoms with Gasteiger partial charge in [-0.05, 0) is 13.8 Å². The minimum atomic E-state index is -0.125. The first-order chi connectivity index (χ1) is 8.24. The predicted octanol–water partition coefficient (Wildman–Crippen LogP) is -0.654. The summed E-state index contributed by atoms with van der Waals surface area (Å²) in [5.41, 5.74) is 0. The van der Waals surface area contributed by atoms with Crippen LogP contribution in [0.3, 0.4) is 0 Å². The van der Waals surface area contributed by atoms with Gasteiger partial charge in [0.25, 0.3) is 12.9 Å². The molecule has 104 valence electrons. The summed E-state index contributed by atoms with van der Waals surface area (Å²) in [6.07, 6.45) is 0. The van der Waals surface area contributed by atoms with Crippen LogP contribution in [0.4, 0.5) is 0 Å². The molecule has 0 bridgehead atoms. The lowest BCUT2D eigenvalue weighted by Gasteiger charge is -1.93. The van der Waals surface area contributed by atoms with E-state index in [1.807, 2.05) is 13.8 Å². The molecule has 0 spiro atoms. The summed E-state index contributed by atoms with van der Waals surface area (Å²) in [6.45, 7) is 6.27. The Bertz CT molecular complexity index is 116. The minimum Gasteiger partial charge on any atom is -0.464 e. The van der Waals surface area contributed by atoms with Gasteiger partial charge in [-0.25, -0.2) is 0 Å². The molecule has 0 aliphatic rings. The van der Waals surface area contributed by atoms with E-state index in [0.717, 1.165) is 13.2 Å². The van der Waals surface area contributed by atoms with Gasteiger partial charge in [0, 0.05) is 13.2 Å². The zero-order valence-corrected chi connectivity index (χ0v) is 10.3. The van der Waals surface area contributed by atoms with Crippen molar-refractivity contribution in [3.63, 3.8) is 0 Å². The largest absolute Gasteiger partial charge is 0.464 e. The van der Waals surface area contributed by atoms with Crippen LogP contribution in [-0.4, -0.2) is 62.8 Å². The van der Waals surface area contributed by atoms with Crippen molar-refractivity contribution >= 4 is 12.9 Å². The van der Waals surface area contributed by atoms with Crippen molar-refractivity contribution in [2.75, 3.05) is 39.6 Å². The highest BCUT2D eigenvalue weighted by Gasteiger charge is 1.81. The topological polar surface area (TPSA) is 102 Å². The number of hydrogen-bond acceptors (Lipinski definition) is 7. The Hall–Kier alpha value is -1.18. The van der Waals surface area contributed by atoms with Crippen molar-refractivity contribution in [1.29, 1.82) is 0 Å². The van der Waals surface area contributed by atoms with E-state index in [0.29, 0.717) is 12.9 Å². The van der Waals surface area contributed by atoms with Crippen LogP contribution in [-0.2, 0) is 23.8 Å². The molecule has 0 heterocycles. The molecule has 7 heteroatoms. The monoisotopic (exact) mass is 254 g/mol. The fourth-order valence-electron chi connectivity index (χ4n) is 0.397. The van der Waals surface area contributed by atoms with Crippen LogP contribution in [0.1, 0.15) is 13.8 Å². The van der Waals surface area contributed by atoms with Crippen molar-refractivity contribution in [1.82, 2.24) is 0 Å². The van der Waals surface area contributed by atoms with Gasteiger partial charge < -0.3 is 24.4 Å². The summed E-state index contributed by atoms with van der Waals surface area (Å²) in [4.78, 5) is 18.8. The van der Waals surface area contributed by atoms with E-state index in [9.17, 15) is 9.59 Å². The van der Waals surface area contributed by atoms with E-state index in [4.69, 9.17) is 14.9 Å². The highest BCUT2D eigenvalue weighted by atomic mass is 16.6. The molecule has 0 aromatic rings. The lowest BCUT2D eigenvalue weighted by molar-refractivity contribution is -0.136. The normalized spacial score (nSPS) is 7.76. The smallest absolute Gasteiger partial charge is 0.293 e. The Morgan fingerprint density at radius 2 is 1.24 bits per heavy atom. The molecule has 0 atom stereocenters. The van der Waals surface area contributed by atoms with Crippen LogP contribution >= 0.6 is 0 Å². The van der Waals surface area contributed by atoms with Crippen LogP contribution in [0.2, 0.25) is 0 Å². The number of carbonyl (C=O) groups excluding carboxylic acids is 2. The molecule has 0 saturated heterocycles. The number of aliphatic hydroxyl groups excluding tert-OH is 2. The van der Waals surface area contributed by atoms with Crippen LogP contribution in [0.25, 0.3) is 0 Å². The molecule has 0 aromatic carbocycles. The number of aliphatic hydroxyl groups is 2. The van der Waals surface area contributed by atoms with E-state index in [1.54, 1.807) is 0 Å². The molecule has 7 nitrogen and oxygen atoms in total. The van der Waals surface area contributed by atoms with Crippen LogP contribution in [0, 0.1) is 0 Å².